The number of benzene rings is 9. The first-order valence-corrected chi connectivity index (χ1v) is 24.7. The number of hydrogen-bond donors (Lipinski definition) is 0. The Morgan fingerprint density at radius 1 is 0.441 bits per heavy atom. The molecule has 0 saturated heterocycles. The van der Waals surface area contributed by atoms with E-state index in [2.05, 4.69) is 225 Å². The lowest BCUT2D eigenvalue weighted by molar-refractivity contribution is 0.669. The number of nitrogens with zero attached hydrogens (tertiary/aromatic N) is 2. The molecule has 3 nitrogen and oxygen atoms in total. The molecule has 68 heavy (non-hydrogen) atoms. The molecule has 4 heteroatoms. The van der Waals surface area contributed by atoms with Gasteiger partial charge in [0.05, 0.1) is 5.69 Å². The number of hydrogen-bond acceptors (Lipinski definition) is 3. The smallest absolute Gasteiger partial charge is 0.333 e. The van der Waals surface area contributed by atoms with Gasteiger partial charge in [0, 0.05) is 44.6 Å². The minimum absolute atomic E-state index is 0.202. The average molecular weight is 879 g/mol. The minimum atomic E-state index is -0.202. The van der Waals surface area contributed by atoms with Crippen molar-refractivity contribution in [3.05, 3.63) is 210 Å². The van der Waals surface area contributed by atoms with Crippen molar-refractivity contribution in [3.8, 4) is 44.5 Å². The van der Waals surface area contributed by atoms with Gasteiger partial charge in [-0.25, -0.2) is 0 Å². The Labute approximate surface area is 401 Å². The number of fused-ring (bicyclic) bond motifs is 8. The van der Waals surface area contributed by atoms with Gasteiger partial charge in [0.1, 0.15) is 11.2 Å². The van der Waals surface area contributed by atoms with Crippen molar-refractivity contribution < 1.29 is 4.42 Å². The zero-order valence-electron chi connectivity index (χ0n) is 39.5. The molecule has 0 bridgehead atoms. The molecule has 330 valence electrons. The maximum absolute atomic E-state index is 6.84. The first kappa shape index (κ1) is 41.8. The summed E-state index contributed by atoms with van der Waals surface area (Å²) < 4.78 is 6.84. The molecule has 1 aromatic heterocycles. The number of para-hydroxylation sites is 1. The second-order valence-electron chi connectivity index (χ2n) is 19.0. The molecule has 0 saturated carbocycles. The molecular weight excluding hydrogens is 824 g/mol. The van der Waals surface area contributed by atoms with Crippen LogP contribution in [-0.4, -0.2) is 6.85 Å². The van der Waals surface area contributed by atoms with Gasteiger partial charge >= 0.3 is 6.85 Å². The largest absolute Gasteiger partial charge is 0.456 e. The first-order chi connectivity index (χ1) is 33.5. The van der Waals surface area contributed by atoms with Crippen molar-refractivity contribution >= 4 is 68.1 Å². The number of unbranched alkanes of at least 4 members (excludes halogenated alkanes) is 2. The van der Waals surface area contributed by atoms with Crippen LogP contribution in [0.15, 0.2) is 192 Å². The molecule has 0 radical (unpaired) electrons. The van der Waals surface area contributed by atoms with E-state index >= 15 is 0 Å². The third kappa shape index (κ3) is 6.96. The van der Waals surface area contributed by atoms with Gasteiger partial charge in [0.2, 0.25) is 0 Å². The van der Waals surface area contributed by atoms with E-state index in [-0.39, 0.29) is 6.85 Å². The van der Waals surface area contributed by atoms with Crippen LogP contribution in [0.3, 0.4) is 0 Å². The van der Waals surface area contributed by atoms with E-state index in [1.165, 1.54) is 113 Å². The lowest BCUT2D eigenvalue weighted by Gasteiger charge is -2.46. The van der Waals surface area contributed by atoms with Crippen LogP contribution in [0.1, 0.15) is 61.8 Å². The zero-order chi connectivity index (χ0) is 45.9. The van der Waals surface area contributed by atoms with Crippen LogP contribution < -0.4 is 20.6 Å². The highest BCUT2D eigenvalue weighted by molar-refractivity contribution is 6.95. The molecule has 2 aliphatic heterocycles. The fourth-order valence-electron chi connectivity index (χ4n) is 11.4. The molecule has 0 N–H and O–H groups in total. The minimum Gasteiger partial charge on any atom is -0.456 e. The van der Waals surface area contributed by atoms with E-state index < -0.39 is 0 Å². The van der Waals surface area contributed by atoms with E-state index in [1.54, 1.807) is 0 Å². The standard InChI is InChI=1S/C64H55BN2O/c1-5-7-20-44-28-32-50(33-29-44)67-57-40-48(46-22-11-9-12-23-46)31-34-51(57)54-39-49(61-42(3)18-17-19-43(61)4)41-58-63(54)65(67)64-56(36-37-60-62(64)52-26-15-16-27-59(52)68-60)66(58)55-35-30-45(21-8-6-2)38-53(55)47-24-13-10-14-25-47/h9-19,22-41H,5-8,20-21H2,1-4H3. The number of rotatable bonds is 11. The monoisotopic (exact) mass is 878 g/mol. The second kappa shape index (κ2) is 17.3. The summed E-state index contributed by atoms with van der Waals surface area (Å²) in [5.74, 6) is 0. The highest BCUT2D eigenvalue weighted by Gasteiger charge is 2.47. The number of anilines is 5. The summed E-state index contributed by atoms with van der Waals surface area (Å²) >= 11 is 0. The summed E-state index contributed by atoms with van der Waals surface area (Å²) in [5.41, 5.74) is 25.4. The van der Waals surface area contributed by atoms with Gasteiger partial charge in [0.25, 0.3) is 0 Å². The van der Waals surface area contributed by atoms with Gasteiger partial charge in [-0.05, 0) is 167 Å². The molecule has 0 aliphatic carbocycles. The number of aryl methyl sites for hydroxylation is 4. The molecule has 10 aromatic rings. The Bertz CT molecular complexity index is 3500. The summed E-state index contributed by atoms with van der Waals surface area (Å²) in [6, 6.07) is 70.7. The van der Waals surface area contributed by atoms with Crippen molar-refractivity contribution in [3.63, 3.8) is 0 Å². The summed E-state index contributed by atoms with van der Waals surface area (Å²) in [6.45, 7) is 8.88. The third-order valence-corrected chi connectivity index (χ3v) is 14.7. The van der Waals surface area contributed by atoms with Gasteiger partial charge in [-0.15, -0.1) is 0 Å². The Balaban J connectivity index is 1.24. The average Bonchev–Trinajstić information content (AvgIpc) is 3.77. The summed E-state index contributed by atoms with van der Waals surface area (Å²) in [7, 11) is 0. The fourth-order valence-corrected chi connectivity index (χ4v) is 11.4. The molecule has 0 unspecified atom stereocenters. The normalized spacial score (nSPS) is 12.7. The van der Waals surface area contributed by atoms with Crippen LogP contribution in [0.5, 0.6) is 0 Å². The zero-order valence-corrected chi connectivity index (χ0v) is 39.5. The quantitative estimate of drug-likeness (QED) is 0.121. The van der Waals surface area contributed by atoms with Crippen molar-refractivity contribution in [2.24, 2.45) is 0 Å². The van der Waals surface area contributed by atoms with E-state index in [0.29, 0.717) is 0 Å². The Morgan fingerprint density at radius 2 is 1.10 bits per heavy atom. The molecular formula is C64H55BN2O. The van der Waals surface area contributed by atoms with Crippen LogP contribution in [-0.2, 0) is 12.8 Å². The van der Waals surface area contributed by atoms with Gasteiger partial charge in [-0.2, -0.15) is 0 Å². The fraction of sp³-hybridized carbons (Fsp3) is 0.156. The van der Waals surface area contributed by atoms with E-state index in [4.69, 9.17) is 4.42 Å². The van der Waals surface area contributed by atoms with Crippen LogP contribution in [0.25, 0.3) is 66.4 Å². The van der Waals surface area contributed by atoms with Gasteiger partial charge < -0.3 is 14.1 Å². The topological polar surface area (TPSA) is 19.6 Å². The maximum atomic E-state index is 6.84. The van der Waals surface area contributed by atoms with Crippen molar-refractivity contribution in [1.29, 1.82) is 0 Å². The van der Waals surface area contributed by atoms with Crippen LogP contribution >= 0.6 is 0 Å². The van der Waals surface area contributed by atoms with E-state index in [1.807, 2.05) is 0 Å². The summed E-state index contributed by atoms with van der Waals surface area (Å²) in [4.78, 5) is 5.28. The SMILES string of the molecule is CCCCc1ccc(N2B3c4c(cc(-c5c(C)cccc5C)cc4N(c4ccc(CCCC)cc4-c4ccccc4)c4ccc5oc6ccccc6c5c43)-c3ccc(-c4ccccc4)cc32)cc1. The Morgan fingerprint density at radius 3 is 1.85 bits per heavy atom. The van der Waals surface area contributed by atoms with Crippen LogP contribution in [0.2, 0.25) is 0 Å². The lowest BCUT2D eigenvalue weighted by atomic mass is 9.42. The molecule has 0 fully saturated rings. The second-order valence-corrected chi connectivity index (χ2v) is 19.0. The highest BCUT2D eigenvalue weighted by atomic mass is 16.3. The first-order valence-electron chi connectivity index (χ1n) is 24.7. The Kier molecular flexibility index (Phi) is 10.6. The van der Waals surface area contributed by atoms with Gasteiger partial charge in [-0.3, -0.25) is 0 Å². The summed E-state index contributed by atoms with van der Waals surface area (Å²) in [5, 5.41) is 2.30. The molecule has 2 aliphatic rings. The van der Waals surface area contributed by atoms with Gasteiger partial charge in [0.15, 0.2) is 0 Å². The maximum Gasteiger partial charge on any atom is 0.333 e. The lowest BCUT2D eigenvalue weighted by Crippen LogP contribution is -2.61. The summed E-state index contributed by atoms with van der Waals surface area (Å²) in [6.07, 6.45) is 6.77. The molecule has 9 aromatic carbocycles. The van der Waals surface area contributed by atoms with Crippen LogP contribution in [0.4, 0.5) is 28.4 Å². The molecule has 3 heterocycles. The van der Waals surface area contributed by atoms with Crippen molar-refractivity contribution in [2.45, 2.75) is 66.2 Å². The molecule has 0 spiro atoms. The third-order valence-electron chi connectivity index (χ3n) is 14.7. The highest BCUT2D eigenvalue weighted by Crippen LogP contribution is 2.52. The van der Waals surface area contributed by atoms with E-state index in [9.17, 15) is 0 Å². The van der Waals surface area contributed by atoms with E-state index in [0.717, 1.165) is 53.3 Å². The van der Waals surface area contributed by atoms with Crippen molar-refractivity contribution in [2.75, 3.05) is 9.71 Å². The Hall–Kier alpha value is -7.56. The molecule has 0 amide bonds. The predicted octanol–water partition coefficient (Wildman–Crippen LogP) is 16.6. The predicted molar refractivity (Wildman–Crippen MR) is 290 cm³/mol. The van der Waals surface area contributed by atoms with Crippen LogP contribution in [0, 0.1) is 13.8 Å². The van der Waals surface area contributed by atoms with Gasteiger partial charge in [-0.1, -0.05) is 154 Å². The number of furan rings is 1. The molecule has 0 atom stereocenters. The molecule has 12 rings (SSSR count). The van der Waals surface area contributed by atoms with Crippen molar-refractivity contribution in [1.82, 2.24) is 0 Å².